The van der Waals surface area contributed by atoms with Crippen LogP contribution in [-0.2, 0) is 16.5 Å². The molecule has 2 rings (SSSR count). The number of pyridine rings is 1. The first-order valence-electron chi connectivity index (χ1n) is 4.04. The summed E-state index contributed by atoms with van der Waals surface area (Å²) in [6.45, 7) is 1.84. The number of phenolic OH excluding ortho intramolecular Hbond substituents is 1. The molecule has 0 radical (unpaired) electrons. The number of hydrogen-bond acceptors (Lipinski definition) is 2. The van der Waals surface area contributed by atoms with Gasteiger partial charge in [0.1, 0.15) is 5.52 Å². The molecule has 1 aromatic heterocycles. The third kappa shape index (κ3) is 2.20. The van der Waals surface area contributed by atoms with E-state index in [4.69, 9.17) is 23.2 Å². The quantitative estimate of drug-likeness (QED) is 0.751. The molecule has 2 nitrogen and oxygen atoms in total. The molecule has 0 aliphatic heterocycles. The maximum Gasteiger partial charge on any atom is 0.160 e. The average Bonchev–Trinajstić information content (AvgIpc) is 2.14. The van der Waals surface area contributed by atoms with Gasteiger partial charge < -0.3 is 5.11 Å². The standard InChI is InChI=1S/C10H7Cl2NO.Ni/c1-5-2-3-6-7(11)4-8(12)10(14)9(6)13-5;/h2-4,14H,1H3;. The molecule has 0 saturated carbocycles. The van der Waals surface area contributed by atoms with Crippen LogP contribution in [0.15, 0.2) is 18.2 Å². The minimum Gasteiger partial charge on any atom is -0.504 e. The topological polar surface area (TPSA) is 33.1 Å². The molecule has 0 spiro atoms. The Hall–Kier alpha value is -0.496. The molecule has 1 heterocycles. The first-order chi connectivity index (χ1) is 6.59. The number of nitrogens with zero attached hydrogens (tertiary/aromatic N) is 1. The van der Waals surface area contributed by atoms with E-state index in [0.717, 1.165) is 5.69 Å². The minimum atomic E-state index is -0.0187. The number of aromatic nitrogens is 1. The van der Waals surface area contributed by atoms with Crippen molar-refractivity contribution < 1.29 is 21.6 Å². The third-order valence-corrected chi connectivity index (χ3v) is 2.60. The average molecular weight is 287 g/mol. The van der Waals surface area contributed by atoms with Crippen molar-refractivity contribution in [1.29, 1.82) is 0 Å². The van der Waals surface area contributed by atoms with E-state index in [1.54, 1.807) is 0 Å². The third-order valence-electron chi connectivity index (χ3n) is 2.00. The molecule has 82 valence electrons. The van der Waals surface area contributed by atoms with E-state index in [1.807, 2.05) is 19.1 Å². The van der Waals surface area contributed by atoms with Crippen LogP contribution in [0.2, 0.25) is 10.0 Å². The number of halogens is 2. The minimum absolute atomic E-state index is 0. The van der Waals surface area contributed by atoms with Gasteiger partial charge in [0.05, 0.1) is 10.0 Å². The number of aryl methyl sites for hydroxylation is 1. The largest absolute Gasteiger partial charge is 0.504 e. The fraction of sp³-hybridized carbons (Fsp3) is 0.100. The van der Waals surface area contributed by atoms with Crippen molar-refractivity contribution in [3.63, 3.8) is 0 Å². The fourth-order valence-electron chi connectivity index (χ4n) is 1.30. The zero-order valence-electron chi connectivity index (χ0n) is 7.70. The van der Waals surface area contributed by atoms with Crippen LogP contribution in [0.5, 0.6) is 5.75 Å². The van der Waals surface area contributed by atoms with E-state index >= 15 is 0 Å². The first kappa shape index (κ1) is 12.6. The Morgan fingerprint density at radius 1 is 1.20 bits per heavy atom. The Balaban J connectivity index is 0.00000112. The van der Waals surface area contributed by atoms with Crippen molar-refractivity contribution in [1.82, 2.24) is 4.98 Å². The molecule has 15 heavy (non-hydrogen) atoms. The smallest absolute Gasteiger partial charge is 0.160 e. The van der Waals surface area contributed by atoms with Crippen LogP contribution in [0.3, 0.4) is 0 Å². The van der Waals surface area contributed by atoms with Gasteiger partial charge >= 0.3 is 0 Å². The summed E-state index contributed by atoms with van der Waals surface area (Å²) in [7, 11) is 0. The predicted molar refractivity (Wildman–Crippen MR) is 58.2 cm³/mol. The second-order valence-corrected chi connectivity index (χ2v) is 3.85. The first-order valence-corrected chi connectivity index (χ1v) is 4.79. The number of hydrogen-bond donors (Lipinski definition) is 1. The van der Waals surface area contributed by atoms with E-state index in [2.05, 4.69) is 4.98 Å². The number of benzene rings is 1. The summed E-state index contributed by atoms with van der Waals surface area (Å²) in [5.41, 5.74) is 1.26. The van der Waals surface area contributed by atoms with Crippen LogP contribution in [0, 0.1) is 6.92 Å². The fourth-order valence-corrected chi connectivity index (χ4v) is 1.82. The summed E-state index contributed by atoms with van der Waals surface area (Å²) in [4.78, 5) is 4.18. The molecule has 0 saturated heterocycles. The number of aromatic hydroxyl groups is 1. The summed E-state index contributed by atoms with van der Waals surface area (Å²) >= 11 is 11.7. The Morgan fingerprint density at radius 2 is 1.87 bits per heavy atom. The number of phenols is 1. The van der Waals surface area contributed by atoms with Crippen molar-refractivity contribution in [2.45, 2.75) is 6.92 Å². The second-order valence-electron chi connectivity index (χ2n) is 3.04. The summed E-state index contributed by atoms with van der Waals surface area (Å²) in [5, 5.41) is 11.1. The maximum absolute atomic E-state index is 9.65. The van der Waals surface area contributed by atoms with Crippen molar-refractivity contribution in [3.8, 4) is 5.75 Å². The monoisotopic (exact) mass is 285 g/mol. The molecular weight excluding hydrogens is 280 g/mol. The van der Waals surface area contributed by atoms with E-state index in [-0.39, 0.29) is 27.3 Å². The molecule has 0 aliphatic carbocycles. The number of fused-ring (bicyclic) bond motifs is 1. The summed E-state index contributed by atoms with van der Waals surface area (Å²) < 4.78 is 0. The van der Waals surface area contributed by atoms with Crippen LogP contribution in [0.4, 0.5) is 0 Å². The molecule has 1 aromatic carbocycles. The van der Waals surface area contributed by atoms with Gasteiger partial charge in [-0.05, 0) is 25.1 Å². The molecule has 0 amide bonds. The molecule has 0 fully saturated rings. The SMILES string of the molecule is Cc1ccc2c(Cl)cc(Cl)c(O)c2n1.[Ni]. The normalized spacial score (nSPS) is 10.1. The van der Waals surface area contributed by atoms with Crippen molar-refractivity contribution >= 4 is 34.1 Å². The van der Waals surface area contributed by atoms with Gasteiger partial charge in [-0.2, -0.15) is 0 Å². The molecule has 2 aromatic rings. The van der Waals surface area contributed by atoms with Gasteiger partial charge in [-0.15, -0.1) is 0 Å². The van der Waals surface area contributed by atoms with Crippen molar-refractivity contribution in [3.05, 3.63) is 33.9 Å². The Bertz CT molecular complexity index is 516. The molecule has 0 aliphatic rings. The van der Waals surface area contributed by atoms with Gasteiger partial charge in [0, 0.05) is 27.6 Å². The van der Waals surface area contributed by atoms with Crippen LogP contribution >= 0.6 is 23.2 Å². The molecule has 5 heteroatoms. The molecule has 0 bridgehead atoms. The molecule has 0 unspecified atom stereocenters. The Morgan fingerprint density at radius 3 is 2.53 bits per heavy atom. The molecular formula is C10H7Cl2NNiO. The maximum atomic E-state index is 9.65. The van der Waals surface area contributed by atoms with E-state index < -0.39 is 0 Å². The van der Waals surface area contributed by atoms with Gasteiger partial charge in [0.25, 0.3) is 0 Å². The van der Waals surface area contributed by atoms with Crippen molar-refractivity contribution in [2.75, 3.05) is 0 Å². The Kier molecular flexibility index (Phi) is 3.83. The van der Waals surface area contributed by atoms with Crippen LogP contribution in [0.1, 0.15) is 5.69 Å². The van der Waals surface area contributed by atoms with Crippen LogP contribution < -0.4 is 0 Å². The summed E-state index contributed by atoms with van der Waals surface area (Å²) in [5.74, 6) is -0.0187. The number of rotatable bonds is 0. The summed E-state index contributed by atoms with van der Waals surface area (Å²) in [6, 6.07) is 5.16. The second kappa shape index (κ2) is 4.57. The summed E-state index contributed by atoms with van der Waals surface area (Å²) in [6.07, 6.45) is 0. The van der Waals surface area contributed by atoms with Gasteiger partial charge in [-0.3, -0.25) is 0 Å². The van der Waals surface area contributed by atoms with Crippen LogP contribution in [-0.4, -0.2) is 10.1 Å². The van der Waals surface area contributed by atoms with Gasteiger partial charge in [0.15, 0.2) is 5.75 Å². The van der Waals surface area contributed by atoms with E-state index in [9.17, 15) is 5.11 Å². The zero-order valence-corrected chi connectivity index (χ0v) is 10.2. The Labute approximate surface area is 107 Å². The van der Waals surface area contributed by atoms with Crippen LogP contribution in [0.25, 0.3) is 10.9 Å². The van der Waals surface area contributed by atoms with Gasteiger partial charge in [-0.1, -0.05) is 23.2 Å². The van der Waals surface area contributed by atoms with E-state index in [1.165, 1.54) is 6.07 Å². The predicted octanol–water partition coefficient (Wildman–Crippen LogP) is 3.55. The molecule has 1 N–H and O–H groups in total. The van der Waals surface area contributed by atoms with Crippen molar-refractivity contribution in [2.24, 2.45) is 0 Å². The zero-order chi connectivity index (χ0) is 10.3. The molecule has 0 atom stereocenters. The van der Waals surface area contributed by atoms with E-state index in [0.29, 0.717) is 15.9 Å². The van der Waals surface area contributed by atoms with Gasteiger partial charge in [-0.25, -0.2) is 4.98 Å². The van der Waals surface area contributed by atoms with Gasteiger partial charge in [0.2, 0.25) is 0 Å².